The zero-order valence-electron chi connectivity index (χ0n) is 15.3. The Morgan fingerprint density at radius 2 is 2.00 bits per heavy atom. The Morgan fingerprint density at radius 3 is 2.68 bits per heavy atom. The number of halogens is 3. The van der Waals surface area contributed by atoms with E-state index in [9.17, 15) is 13.6 Å². The van der Waals surface area contributed by atoms with Gasteiger partial charge in [-0.25, -0.2) is 8.78 Å². The molecule has 3 rings (SSSR count). The Morgan fingerprint density at radius 1 is 1.25 bits per heavy atom. The van der Waals surface area contributed by atoms with Gasteiger partial charge in [0.1, 0.15) is 11.6 Å². The minimum atomic E-state index is -0.557. The van der Waals surface area contributed by atoms with Crippen molar-refractivity contribution in [1.82, 2.24) is 4.57 Å². The largest absolute Gasteiger partial charge is 0.488 e. The van der Waals surface area contributed by atoms with Gasteiger partial charge in [0.25, 0.3) is 0 Å². The average molecular weight is 500 g/mol. The highest BCUT2D eigenvalue weighted by molar-refractivity contribution is 14.1. The first-order valence-electron chi connectivity index (χ1n) is 8.58. The molecule has 2 aromatic carbocycles. The lowest BCUT2D eigenvalue weighted by atomic mass is 10.1. The highest BCUT2D eigenvalue weighted by Crippen LogP contribution is 2.29. The van der Waals surface area contributed by atoms with Crippen molar-refractivity contribution in [2.24, 2.45) is 13.0 Å². The molecule has 28 heavy (non-hydrogen) atoms. The van der Waals surface area contributed by atoms with Gasteiger partial charge >= 0.3 is 0 Å². The van der Waals surface area contributed by atoms with Crippen LogP contribution in [0, 0.1) is 21.1 Å². The third-order valence-corrected chi connectivity index (χ3v) is 4.93. The van der Waals surface area contributed by atoms with Crippen LogP contribution in [-0.2, 0) is 7.05 Å². The van der Waals surface area contributed by atoms with Gasteiger partial charge in [0.2, 0.25) is 5.43 Å². The van der Waals surface area contributed by atoms with E-state index in [0.717, 1.165) is 6.07 Å². The highest BCUT2D eigenvalue weighted by atomic mass is 127. The Bertz CT molecular complexity index is 1090. The van der Waals surface area contributed by atoms with Gasteiger partial charge in [-0.15, -0.1) is 0 Å². The summed E-state index contributed by atoms with van der Waals surface area (Å²) in [6.07, 6.45) is 1.48. The predicted molar refractivity (Wildman–Crippen MR) is 113 cm³/mol. The number of nitrogens with one attached hydrogen (secondary N) is 1. The fourth-order valence-electron chi connectivity index (χ4n) is 2.76. The summed E-state index contributed by atoms with van der Waals surface area (Å²) in [4.78, 5) is 13.0. The molecule has 0 bridgehead atoms. The van der Waals surface area contributed by atoms with E-state index in [2.05, 4.69) is 5.32 Å². The van der Waals surface area contributed by atoms with Crippen LogP contribution in [-0.4, -0.2) is 22.9 Å². The standard InChI is InChI=1S/C20H19F2IN2O3/c1-11(9-26)10-28-18-8-25(2)17-6-12(21)5-16(19(17)20(18)27)24-15-4-3-13(23)7-14(15)22/h3-8,11,24,26H,9-10H2,1-2H3. The topological polar surface area (TPSA) is 63.5 Å². The zero-order chi connectivity index (χ0) is 20.4. The molecular weight excluding hydrogens is 481 g/mol. The molecule has 0 radical (unpaired) electrons. The number of hydrogen-bond acceptors (Lipinski definition) is 4. The van der Waals surface area contributed by atoms with Crippen LogP contribution in [0.3, 0.4) is 0 Å². The number of hydrogen-bond donors (Lipinski definition) is 2. The van der Waals surface area contributed by atoms with Crippen molar-refractivity contribution < 1.29 is 18.6 Å². The van der Waals surface area contributed by atoms with Gasteiger partial charge in [0.15, 0.2) is 5.75 Å². The number of pyridine rings is 1. The average Bonchev–Trinajstić information content (AvgIpc) is 2.65. The van der Waals surface area contributed by atoms with Crippen LogP contribution in [0.15, 0.2) is 41.3 Å². The molecule has 1 atom stereocenters. The molecule has 1 aromatic heterocycles. The Labute approximate surface area is 174 Å². The quantitative estimate of drug-likeness (QED) is 0.499. The lowest BCUT2D eigenvalue weighted by molar-refractivity contribution is 0.173. The molecule has 0 spiro atoms. The molecule has 0 saturated heterocycles. The van der Waals surface area contributed by atoms with Crippen molar-refractivity contribution in [2.45, 2.75) is 6.92 Å². The number of benzene rings is 2. The maximum atomic E-state index is 14.3. The maximum absolute atomic E-state index is 14.3. The summed E-state index contributed by atoms with van der Waals surface area (Å²) in [5.41, 5.74) is 0.193. The molecule has 0 aliphatic rings. The molecule has 0 saturated carbocycles. The lowest BCUT2D eigenvalue weighted by Crippen LogP contribution is -2.18. The highest BCUT2D eigenvalue weighted by Gasteiger charge is 2.16. The second kappa shape index (κ2) is 8.44. The van der Waals surface area contributed by atoms with E-state index in [4.69, 9.17) is 9.84 Å². The zero-order valence-corrected chi connectivity index (χ0v) is 17.5. The summed E-state index contributed by atoms with van der Waals surface area (Å²) in [5.74, 6) is -1.14. The number of anilines is 2. The van der Waals surface area contributed by atoms with Gasteiger partial charge in [0, 0.05) is 23.1 Å². The molecule has 8 heteroatoms. The Kier molecular flexibility index (Phi) is 6.19. The van der Waals surface area contributed by atoms with Gasteiger partial charge in [0.05, 0.1) is 35.1 Å². The van der Waals surface area contributed by atoms with Crippen LogP contribution >= 0.6 is 22.6 Å². The number of aromatic nitrogens is 1. The Hall–Kier alpha value is -2.20. The van der Waals surface area contributed by atoms with Crippen molar-refractivity contribution in [3.8, 4) is 5.75 Å². The minimum Gasteiger partial charge on any atom is -0.488 e. The molecule has 2 N–H and O–H groups in total. The first kappa shape index (κ1) is 20.5. The van der Waals surface area contributed by atoms with Crippen molar-refractivity contribution >= 4 is 44.9 Å². The number of aliphatic hydroxyl groups is 1. The third-order valence-electron chi connectivity index (χ3n) is 4.26. The second-order valence-corrected chi connectivity index (χ2v) is 7.87. The van der Waals surface area contributed by atoms with Crippen molar-refractivity contribution in [3.63, 3.8) is 0 Å². The summed E-state index contributed by atoms with van der Waals surface area (Å²) in [6.45, 7) is 1.87. The number of rotatable bonds is 6. The summed E-state index contributed by atoms with van der Waals surface area (Å²) in [6, 6.07) is 6.97. The van der Waals surface area contributed by atoms with Gasteiger partial charge in [-0.2, -0.15) is 0 Å². The van der Waals surface area contributed by atoms with E-state index in [1.165, 1.54) is 24.4 Å². The van der Waals surface area contributed by atoms with E-state index >= 15 is 0 Å². The molecule has 148 valence electrons. The van der Waals surface area contributed by atoms with E-state index in [1.807, 2.05) is 22.6 Å². The van der Waals surface area contributed by atoms with Crippen LogP contribution in [0.5, 0.6) is 5.75 Å². The fourth-order valence-corrected chi connectivity index (χ4v) is 3.21. The SMILES string of the molecule is CC(CO)COc1cn(C)c2cc(F)cc(Nc3ccc(I)cc3F)c2c1=O. The second-order valence-electron chi connectivity index (χ2n) is 6.63. The number of fused-ring (bicyclic) bond motifs is 1. The number of aryl methyl sites for hydroxylation is 1. The molecule has 5 nitrogen and oxygen atoms in total. The van der Waals surface area contributed by atoms with Crippen LogP contribution < -0.4 is 15.5 Å². The summed E-state index contributed by atoms with van der Waals surface area (Å²) in [7, 11) is 1.67. The van der Waals surface area contributed by atoms with Crippen molar-refractivity contribution in [3.05, 3.63) is 62.0 Å². The normalized spacial score (nSPS) is 12.2. The first-order chi connectivity index (χ1) is 13.3. The molecule has 1 unspecified atom stereocenters. The predicted octanol–water partition coefficient (Wildman–Crippen LogP) is 4.17. The van der Waals surface area contributed by atoms with Crippen molar-refractivity contribution in [1.29, 1.82) is 0 Å². The fraction of sp³-hybridized carbons (Fsp3) is 0.250. The lowest BCUT2D eigenvalue weighted by Gasteiger charge is -2.16. The van der Waals surface area contributed by atoms with Gasteiger partial charge in [-0.3, -0.25) is 4.79 Å². The Balaban J connectivity index is 2.13. The number of aliphatic hydroxyl groups excluding tert-OH is 1. The molecule has 1 heterocycles. The maximum Gasteiger partial charge on any atom is 0.233 e. The number of nitrogens with zero attached hydrogens (tertiary/aromatic N) is 1. The minimum absolute atomic E-state index is 0.0714. The molecule has 0 aliphatic heterocycles. The number of ether oxygens (including phenoxy) is 1. The molecular formula is C20H19F2IN2O3. The molecule has 3 aromatic rings. The van der Waals surface area contributed by atoms with Gasteiger partial charge in [-0.05, 0) is 52.9 Å². The van der Waals surface area contributed by atoms with E-state index in [-0.39, 0.29) is 41.6 Å². The van der Waals surface area contributed by atoms with Crippen LogP contribution in [0.25, 0.3) is 10.9 Å². The smallest absolute Gasteiger partial charge is 0.233 e. The van der Waals surface area contributed by atoms with Gasteiger partial charge < -0.3 is 19.7 Å². The molecule has 0 aliphatic carbocycles. The third kappa shape index (κ3) is 4.27. The summed E-state index contributed by atoms with van der Waals surface area (Å²) < 4.78 is 36.3. The van der Waals surface area contributed by atoms with Crippen molar-refractivity contribution in [2.75, 3.05) is 18.5 Å². The van der Waals surface area contributed by atoms with Gasteiger partial charge in [-0.1, -0.05) is 6.92 Å². The first-order valence-corrected chi connectivity index (χ1v) is 9.66. The van der Waals surface area contributed by atoms with Crippen LogP contribution in [0.1, 0.15) is 6.92 Å². The van der Waals surface area contributed by atoms with Crippen LogP contribution in [0.2, 0.25) is 0 Å². The summed E-state index contributed by atoms with van der Waals surface area (Å²) >= 11 is 1.99. The molecule has 0 fully saturated rings. The van der Waals surface area contributed by atoms with E-state index < -0.39 is 17.1 Å². The van der Waals surface area contributed by atoms with Crippen LogP contribution in [0.4, 0.5) is 20.2 Å². The van der Waals surface area contributed by atoms with E-state index in [0.29, 0.717) is 9.09 Å². The molecule has 0 amide bonds. The monoisotopic (exact) mass is 500 g/mol. The summed E-state index contributed by atoms with van der Waals surface area (Å²) in [5, 5.41) is 12.2. The van der Waals surface area contributed by atoms with E-state index in [1.54, 1.807) is 24.6 Å².